The van der Waals surface area contributed by atoms with Gasteiger partial charge in [0, 0.05) is 5.56 Å². The molecule has 0 fully saturated rings. The molecule has 0 amide bonds. The van der Waals surface area contributed by atoms with Crippen LogP contribution in [0.25, 0.3) is 0 Å². The van der Waals surface area contributed by atoms with Crippen LogP contribution in [0.4, 0.5) is 0 Å². The number of carbonyl (C=O) groups excluding carboxylic acids is 1. The van der Waals surface area contributed by atoms with Crippen LogP contribution in [0.1, 0.15) is 82.6 Å². The molecule has 2 heteroatoms. The van der Waals surface area contributed by atoms with Gasteiger partial charge < -0.3 is 4.74 Å². The second kappa shape index (κ2) is 14.0. The average molecular weight is 371 g/mol. The van der Waals surface area contributed by atoms with Crippen molar-refractivity contribution in [1.29, 1.82) is 0 Å². The van der Waals surface area contributed by atoms with Gasteiger partial charge in [-0.25, -0.2) is 0 Å². The lowest BCUT2D eigenvalue weighted by Gasteiger charge is -2.25. The van der Waals surface area contributed by atoms with Gasteiger partial charge >= 0.3 is 0 Å². The van der Waals surface area contributed by atoms with Crippen LogP contribution in [-0.2, 0) is 0 Å². The molecule has 2 nitrogen and oxygen atoms in total. The molecular formula is C25H38O2. The third-order valence-electron chi connectivity index (χ3n) is 3.87. The van der Waals surface area contributed by atoms with Gasteiger partial charge in [-0.15, -0.1) is 0 Å². The van der Waals surface area contributed by atoms with Gasteiger partial charge in [0.05, 0.1) is 7.11 Å². The minimum atomic E-state index is 0.389. The van der Waals surface area contributed by atoms with Gasteiger partial charge in [-0.05, 0) is 41.9 Å². The van der Waals surface area contributed by atoms with Crippen molar-refractivity contribution < 1.29 is 9.53 Å². The van der Waals surface area contributed by atoms with E-state index in [9.17, 15) is 4.79 Å². The van der Waals surface area contributed by atoms with Crippen LogP contribution >= 0.6 is 0 Å². The van der Waals surface area contributed by atoms with E-state index >= 15 is 0 Å². The largest absolute Gasteiger partial charge is 0.497 e. The summed E-state index contributed by atoms with van der Waals surface area (Å²) in [5.41, 5.74) is 2.55. The van der Waals surface area contributed by atoms with Crippen LogP contribution in [0.3, 0.4) is 0 Å². The molecule has 0 radical (unpaired) electrons. The zero-order chi connectivity index (χ0) is 20.7. The number of aldehydes is 1. The van der Waals surface area contributed by atoms with Gasteiger partial charge in [-0.3, -0.25) is 4.79 Å². The second-order valence-electron chi connectivity index (χ2n) is 7.88. The van der Waals surface area contributed by atoms with Crippen molar-refractivity contribution in [2.45, 2.75) is 66.7 Å². The molecule has 0 saturated carbocycles. The molecule has 0 aliphatic rings. The molecular weight excluding hydrogens is 332 g/mol. The molecule has 0 heterocycles. The van der Waals surface area contributed by atoms with Crippen molar-refractivity contribution in [3.8, 4) is 5.75 Å². The lowest BCUT2D eigenvalue weighted by atomic mass is 9.80. The average Bonchev–Trinajstić information content (AvgIpc) is 2.67. The smallest absolute Gasteiger partial charge is 0.150 e. The van der Waals surface area contributed by atoms with E-state index in [2.05, 4.69) is 65.8 Å². The van der Waals surface area contributed by atoms with Gasteiger partial charge in [0.15, 0.2) is 0 Å². The van der Waals surface area contributed by atoms with Gasteiger partial charge in [-0.2, -0.15) is 0 Å². The molecule has 0 N–H and O–H groups in total. The molecule has 2 rings (SSSR count). The molecule has 0 aliphatic carbocycles. The Morgan fingerprint density at radius 2 is 1.44 bits per heavy atom. The monoisotopic (exact) mass is 370 g/mol. The van der Waals surface area contributed by atoms with Gasteiger partial charge in [0.25, 0.3) is 0 Å². The number of hydrogen-bond donors (Lipinski definition) is 0. The summed E-state index contributed by atoms with van der Waals surface area (Å²) in [6, 6.07) is 17.6. The minimum absolute atomic E-state index is 0.389. The summed E-state index contributed by atoms with van der Waals surface area (Å²) in [6.07, 6.45) is 4.51. The Morgan fingerprint density at radius 3 is 1.78 bits per heavy atom. The summed E-state index contributed by atoms with van der Waals surface area (Å²) in [5.74, 6) is 1.60. The van der Waals surface area contributed by atoms with Crippen LogP contribution in [0.5, 0.6) is 5.75 Å². The first-order chi connectivity index (χ1) is 12.8. The first kappa shape index (κ1) is 24.9. The van der Waals surface area contributed by atoms with Crippen molar-refractivity contribution in [3.63, 3.8) is 0 Å². The number of carbonyl (C=O) groups is 1. The number of rotatable bonds is 5. The van der Waals surface area contributed by atoms with Crippen molar-refractivity contribution in [3.05, 3.63) is 65.7 Å². The second-order valence-corrected chi connectivity index (χ2v) is 7.88. The first-order valence-electron chi connectivity index (χ1n) is 9.95. The molecule has 2 aromatic carbocycles. The van der Waals surface area contributed by atoms with E-state index in [-0.39, 0.29) is 0 Å². The Bertz CT molecular complexity index is 594. The molecule has 27 heavy (non-hydrogen) atoms. The van der Waals surface area contributed by atoms with E-state index in [0.29, 0.717) is 11.3 Å². The summed E-state index contributed by atoms with van der Waals surface area (Å²) in [5, 5.41) is 0. The molecule has 0 saturated heterocycles. The summed E-state index contributed by atoms with van der Waals surface area (Å²) >= 11 is 0. The van der Waals surface area contributed by atoms with E-state index in [1.54, 1.807) is 19.2 Å². The molecule has 1 atom stereocenters. The highest BCUT2D eigenvalue weighted by Crippen LogP contribution is 2.33. The predicted octanol–water partition coefficient (Wildman–Crippen LogP) is 7.54. The topological polar surface area (TPSA) is 26.3 Å². The van der Waals surface area contributed by atoms with E-state index in [1.165, 1.54) is 24.8 Å². The lowest BCUT2D eigenvalue weighted by Crippen LogP contribution is -2.11. The standard InChI is InChI=1S/C15H24O.C7H6O.C3H8/c1-6-12(11-15(2,3)4)13-7-9-14(16-5)10-8-13;8-6-7-4-2-1-3-5-7;1-3-2/h7-10,12H,6,11H2,1-5H3;1-6H;3H2,1-2H3. The van der Waals surface area contributed by atoms with E-state index in [0.717, 1.165) is 17.6 Å². The Labute approximate surface area is 167 Å². The number of ether oxygens (including phenoxy) is 1. The lowest BCUT2D eigenvalue weighted by molar-refractivity contribution is 0.112. The fourth-order valence-corrected chi connectivity index (χ4v) is 2.64. The van der Waals surface area contributed by atoms with Gasteiger partial charge in [0.1, 0.15) is 12.0 Å². The van der Waals surface area contributed by atoms with E-state index in [4.69, 9.17) is 4.74 Å². The Morgan fingerprint density at radius 1 is 0.926 bits per heavy atom. The Balaban J connectivity index is 0.000000509. The van der Waals surface area contributed by atoms with Crippen molar-refractivity contribution in [1.82, 2.24) is 0 Å². The first-order valence-corrected chi connectivity index (χ1v) is 9.95. The highest BCUT2D eigenvalue weighted by molar-refractivity contribution is 5.74. The minimum Gasteiger partial charge on any atom is -0.497 e. The number of hydrogen-bond acceptors (Lipinski definition) is 2. The van der Waals surface area contributed by atoms with Crippen LogP contribution in [0.2, 0.25) is 0 Å². The molecule has 1 unspecified atom stereocenters. The zero-order valence-electron chi connectivity index (χ0n) is 18.3. The predicted molar refractivity (Wildman–Crippen MR) is 118 cm³/mol. The summed E-state index contributed by atoms with van der Waals surface area (Å²) < 4.78 is 5.18. The summed E-state index contributed by atoms with van der Waals surface area (Å²) in [6.45, 7) is 13.4. The summed E-state index contributed by atoms with van der Waals surface area (Å²) in [7, 11) is 1.71. The SMILES string of the molecule is CCC.CCC(CC(C)(C)C)c1ccc(OC)cc1.O=Cc1ccccc1. The van der Waals surface area contributed by atoms with E-state index < -0.39 is 0 Å². The molecule has 0 bridgehead atoms. The Kier molecular flexibility index (Phi) is 12.9. The number of benzene rings is 2. The van der Waals surface area contributed by atoms with Crippen molar-refractivity contribution >= 4 is 6.29 Å². The maximum absolute atomic E-state index is 10.0. The van der Waals surface area contributed by atoms with Gasteiger partial charge in [-0.1, -0.05) is 90.4 Å². The molecule has 0 aliphatic heterocycles. The fraction of sp³-hybridized carbons (Fsp3) is 0.480. The quantitative estimate of drug-likeness (QED) is 0.508. The normalized spacial score (nSPS) is 11.2. The molecule has 0 spiro atoms. The fourth-order valence-electron chi connectivity index (χ4n) is 2.64. The summed E-state index contributed by atoms with van der Waals surface area (Å²) in [4.78, 5) is 10.0. The number of methoxy groups -OCH3 is 1. The third-order valence-corrected chi connectivity index (χ3v) is 3.87. The third kappa shape index (κ3) is 12.0. The van der Waals surface area contributed by atoms with Crippen LogP contribution in [0, 0.1) is 5.41 Å². The maximum atomic E-state index is 10.0. The highest BCUT2D eigenvalue weighted by Gasteiger charge is 2.18. The van der Waals surface area contributed by atoms with Crippen molar-refractivity contribution in [2.24, 2.45) is 5.41 Å². The van der Waals surface area contributed by atoms with Crippen molar-refractivity contribution in [2.75, 3.05) is 7.11 Å². The molecule has 2 aromatic rings. The molecule has 0 aromatic heterocycles. The van der Waals surface area contributed by atoms with E-state index in [1.807, 2.05) is 18.2 Å². The Hall–Kier alpha value is -2.09. The highest BCUT2D eigenvalue weighted by atomic mass is 16.5. The van der Waals surface area contributed by atoms with Crippen LogP contribution in [0.15, 0.2) is 54.6 Å². The molecule has 150 valence electrons. The van der Waals surface area contributed by atoms with Gasteiger partial charge in [0.2, 0.25) is 0 Å². The van der Waals surface area contributed by atoms with Crippen LogP contribution in [-0.4, -0.2) is 13.4 Å². The zero-order valence-corrected chi connectivity index (χ0v) is 18.3. The van der Waals surface area contributed by atoms with Crippen LogP contribution < -0.4 is 4.74 Å². The maximum Gasteiger partial charge on any atom is 0.150 e.